The molecular weight excluding hydrogens is 238 g/mol. The van der Waals surface area contributed by atoms with Gasteiger partial charge in [0.1, 0.15) is 6.04 Å². The normalized spacial score (nSPS) is 19.2. The molecule has 98 valence electrons. The topological polar surface area (TPSA) is 96.5 Å². The Morgan fingerprint density at radius 2 is 2.33 bits per heavy atom. The van der Waals surface area contributed by atoms with E-state index >= 15 is 0 Å². The summed E-state index contributed by atoms with van der Waals surface area (Å²) in [5.74, 6) is -0.167. The molecule has 1 aromatic rings. The standard InChI is InChI=1S/C11H15N3O4/c1-7-12-9(18-13-7)4-5-10(15)14-6-2-3-8(14)11(16)17/h8H,2-6H2,1H3,(H,16,17). The van der Waals surface area contributed by atoms with Crippen LogP contribution in [0.15, 0.2) is 4.52 Å². The summed E-state index contributed by atoms with van der Waals surface area (Å²) >= 11 is 0. The van der Waals surface area contributed by atoms with E-state index in [1.807, 2.05) is 0 Å². The number of amides is 1. The molecule has 0 aromatic carbocycles. The minimum Gasteiger partial charge on any atom is -0.480 e. The Morgan fingerprint density at radius 3 is 2.94 bits per heavy atom. The van der Waals surface area contributed by atoms with Crippen LogP contribution >= 0.6 is 0 Å². The van der Waals surface area contributed by atoms with E-state index in [4.69, 9.17) is 9.63 Å². The zero-order chi connectivity index (χ0) is 13.1. The highest BCUT2D eigenvalue weighted by molar-refractivity contribution is 5.84. The van der Waals surface area contributed by atoms with Crippen molar-refractivity contribution >= 4 is 11.9 Å². The number of hydrogen-bond acceptors (Lipinski definition) is 5. The maximum Gasteiger partial charge on any atom is 0.326 e. The Morgan fingerprint density at radius 1 is 1.56 bits per heavy atom. The third-order valence-electron chi connectivity index (χ3n) is 2.98. The molecule has 0 spiro atoms. The smallest absolute Gasteiger partial charge is 0.326 e. The van der Waals surface area contributed by atoms with Gasteiger partial charge in [0, 0.05) is 19.4 Å². The Balaban J connectivity index is 1.89. The third-order valence-corrected chi connectivity index (χ3v) is 2.98. The molecular formula is C11H15N3O4. The average Bonchev–Trinajstić information content (AvgIpc) is 2.94. The molecule has 0 saturated carbocycles. The summed E-state index contributed by atoms with van der Waals surface area (Å²) in [6.07, 6.45) is 1.82. The predicted molar refractivity (Wildman–Crippen MR) is 59.7 cm³/mol. The minimum absolute atomic E-state index is 0.171. The van der Waals surface area contributed by atoms with Crippen molar-refractivity contribution in [2.45, 2.75) is 38.6 Å². The molecule has 2 heterocycles. The molecule has 0 radical (unpaired) electrons. The minimum atomic E-state index is -0.936. The summed E-state index contributed by atoms with van der Waals surface area (Å²) in [4.78, 5) is 28.3. The summed E-state index contributed by atoms with van der Waals surface area (Å²) in [6, 6.07) is -0.679. The van der Waals surface area contributed by atoms with Gasteiger partial charge in [-0.15, -0.1) is 0 Å². The monoisotopic (exact) mass is 253 g/mol. The van der Waals surface area contributed by atoms with Crippen LogP contribution < -0.4 is 0 Å². The number of carbonyl (C=O) groups is 2. The second-order valence-corrected chi connectivity index (χ2v) is 4.32. The molecule has 1 fully saturated rings. The van der Waals surface area contributed by atoms with Gasteiger partial charge in [0.2, 0.25) is 11.8 Å². The lowest BCUT2D eigenvalue weighted by Crippen LogP contribution is -2.40. The molecule has 1 aliphatic heterocycles. The SMILES string of the molecule is Cc1noc(CCC(=O)N2CCCC2C(=O)O)n1. The van der Waals surface area contributed by atoms with Crippen LogP contribution in [-0.2, 0) is 16.0 Å². The fraction of sp³-hybridized carbons (Fsp3) is 0.636. The van der Waals surface area contributed by atoms with Gasteiger partial charge in [0.05, 0.1) is 0 Å². The van der Waals surface area contributed by atoms with Crippen LogP contribution in [0.3, 0.4) is 0 Å². The molecule has 7 nitrogen and oxygen atoms in total. The number of nitrogens with zero attached hydrogens (tertiary/aromatic N) is 3. The molecule has 1 saturated heterocycles. The fourth-order valence-corrected chi connectivity index (χ4v) is 2.12. The predicted octanol–water partition coefficient (Wildman–Crippen LogP) is 0.386. The van der Waals surface area contributed by atoms with Crippen molar-refractivity contribution in [2.24, 2.45) is 0 Å². The highest BCUT2D eigenvalue weighted by Gasteiger charge is 2.33. The highest BCUT2D eigenvalue weighted by Crippen LogP contribution is 2.18. The van der Waals surface area contributed by atoms with Gasteiger partial charge in [0.15, 0.2) is 5.82 Å². The van der Waals surface area contributed by atoms with Crippen LogP contribution in [0.2, 0.25) is 0 Å². The Hall–Kier alpha value is -1.92. The van der Waals surface area contributed by atoms with Gasteiger partial charge in [-0.25, -0.2) is 4.79 Å². The van der Waals surface area contributed by atoms with Gasteiger partial charge >= 0.3 is 5.97 Å². The van der Waals surface area contributed by atoms with E-state index < -0.39 is 12.0 Å². The Labute approximate surface area is 104 Å². The lowest BCUT2D eigenvalue weighted by molar-refractivity contribution is -0.148. The first-order valence-corrected chi connectivity index (χ1v) is 5.89. The fourth-order valence-electron chi connectivity index (χ4n) is 2.12. The van der Waals surface area contributed by atoms with Gasteiger partial charge in [-0.3, -0.25) is 4.79 Å². The second-order valence-electron chi connectivity index (χ2n) is 4.32. The molecule has 1 amide bonds. The lowest BCUT2D eigenvalue weighted by Gasteiger charge is -2.20. The summed E-state index contributed by atoms with van der Waals surface area (Å²) in [5, 5.41) is 12.6. The largest absolute Gasteiger partial charge is 0.480 e. The van der Waals surface area contributed by atoms with Crippen molar-refractivity contribution in [2.75, 3.05) is 6.54 Å². The molecule has 1 aliphatic rings. The number of rotatable bonds is 4. The zero-order valence-electron chi connectivity index (χ0n) is 10.1. The molecule has 1 atom stereocenters. The Kier molecular flexibility index (Phi) is 3.59. The molecule has 1 aromatic heterocycles. The van der Waals surface area contributed by atoms with Crippen molar-refractivity contribution in [1.29, 1.82) is 0 Å². The van der Waals surface area contributed by atoms with Crippen LogP contribution in [-0.4, -0.2) is 44.6 Å². The number of likely N-dealkylation sites (tertiary alicyclic amines) is 1. The Bertz CT molecular complexity index is 457. The van der Waals surface area contributed by atoms with Crippen molar-refractivity contribution in [3.63, 3.8) is 0 Å². The first-order chi connectivity index (χ1) is 8.58. The number of carbonyl (C=O) groups excluding carboxylic acids is 1. The van der Waals surface area contributed by atoms with Gasteiger partial charge in [-0.05, 0) is 19.8 Å². The van der Waals surface area contributed by atoms with Gasteiger partial charge in [0.25, 0.3) is 0 Å². The van der Waals surface area contributed by atoms with Crippen LogP contribution in [0.5, 0.6) is 0 Å². The van der Waals surface area contributed by atoms with Crippen LogP contribution in [0, 0.1) is 6.92 Å². The average molecular weight is 253 g/mol. The number of hydrogen-bond donors (Lipinski definition) is 1. The van der Waals surface area contributed by atoms with Gasteiger partial charge in [-0.1, -0.05) is 5.16 Å². The number of aromatic nitrogens is 2. The first-order valence-electron chi connectivity index (χ1n) is 5.89. The van der Waals surface area contributed by atoms with Crippen molar-refractivity contribution < 1.29 is 19.2 Å². The summed E-state index contributed by atoms with van der Waals surface area (Å²) in [7, 11) is 0. The summed E-state index contributed by atoms with van der Waals surface area (Å²) in [6.45, 7) is 2.22. The maximum atomic E-state index is 11.9. The van der Waals surface area contributed by atoms with Crippen molar-refractivity contribution in [3.05, 3.63) is 11.7 Å². The van der Waals surface area contributed by atoms with Gasteiger partial charge in [-0.2, -0.15) is 4.98 Å². The van der Waals surface area contributed by atoms with Crippen molar-refractivity contribution in [3.8, 4) is 0 Å². The van der Waals surface area contributed by atoms with Crippen molar-refractivity contribution in [1.82, 2.24) is 15.0 Å². The molecule has 0 aliphatic carbocycles. The zero-order valence-corrected chi connectivity index (χ0v) is 10.1. The number of aryl methyl sites for hydroxylation is 2. The number of carboxylic acids is 1. The molecule has 0 bridgehead atoms. The maximum absolute atomic E-state index is 11.9. The lowest BCUT2D eigenvalue weighted by atomic mass is 10.2. The summed E-state index contributed by atoms with van der Waals surface area (Å²) < 4.78 is 4.90. The van der Waals surface area contributed by atoms with E-state index in [1.165, 1.54) is 4.90 Å². The quantitative estimate of drug-likeness (QED) is 0.833. The van der Waals surface area contributed by atoms with Crippen LogP contribution in [0.4, 0.5) is 0 Å². The molecule has 1 unspecified atom stereocenters. The number of carboxylic acid groups (broad SMARTS) is 1. The third kappa shape index (κ3) is 2.66. The van der Waals surface area contributed by atoms with E-state index in [0.29, 0.717) is 31.1 Å². The van der Waals surface area contributed by atoms with Crippen LogP contribution in [0.25, 0.3) is 0 Å². The molecule has 2 rings (SSSR count). The first kappa shape index (κ1) is 12.5. The van der Waals surface area contributed by atoms with E-state index in [9.17, 15) is 9.59 Å². The van der Waals surface area contributed by atoms with E-state index in [2.05, 4.69) is 10.1 Å². The number of aliphatic carboxylic acids is 1. The molecule has 7 heteroatoms. The highest BCUT2D eigenvalue weighted by atomic mass is 16.5. The van der Waals surface area contributed by atoms with E-state index in [1.54, 1.807) is 6.92 Å². The molecule has 18 heavy (non-hydrogen) atoms. The van der Waals surface area contributed by atoms with E-state index in [-0.39, 0.29) is 12.3 Å². The second kappa shape index (κ2) is 5.16. The van der Waals surface area contributed by atoms with E-state index in [0.717, 1.165) is 6.42 Å². The van der Waals surface area contributed by atoms with Crippen LogP contribution in [0.1, 0.15) is 31.0 Å². The summed E-state index contributed by atoms with van der Waals surface area (Å²) in [5.41, 5.74) is 0. The molecule has 1 N–H and O–H groups in total. The van der Waals surface area contributed by atoms with Gasteiger partial charge < -0.3 is 14.5 Å².